The summed E-state index contributed by atoms with van der Waals surface area (Å²) in [6.07, 6.45) is 1.21. The van der Waals surface area contributed by atoms with Crippen molar-refractivity contribution in [1.29, 1.82) is 0 Å². The van der Waals surface area contributed by atoms with Crippen LogP contribution in [-0.2, 0) is 0 Å². The van der Waals surface area contributed by atoms with Crippen molar-refractivity contribution < 1.29 is 9.21 Å². The summed E-state index contributed by atoms with van der Waals surface area (Å²) in [5, 5.41) is 3.16. The van der Waals surface area contributed by atoms with Crippen LogP contribution >= 0.6 is 0 Å². The van der Waals surface area contributed by atoms with Gasteiger partial charge in [0.1, 0.15) is 17.4 Å². The summed E-state index contributed by atoms with van der Waals surface area (Å²) in [6, 6.07) is 6.86. The van der Waals surface area contributed by atoms with E-state index in [1.165, 1.54) is 6.26 Å². The summed E-state index contributed by atoms with van der Waals surface area (Å²) in [5.74, 6) is -0.415. The normalized spacial score (nSPS) is 11.5. The maximum atomic E-state index is 12.1. The number of benzene rings is 1. The molecule has 0 fully saturated rings. The van der Waals surface area contributed by atoms with Crippen molar-refractivity contribution in [1.82, 2.24) is 5.32 Å². The number of carbonyl (C=O) groups is 1. The number of carbonyl (C=O) groups excluding carboxylic acids is 1. The van der Waals surface area contributed by atoms with Crippen LogP contribution in [0.4, 0.5) is 0 Å². The Morgan fingerprint density at radius 3 is 2.56 bits per heavy atom. The highest BCUT2D eigenvalue weighted by Gasteiger charge is 2.19. The van der Waals surface area contributed by atoms with E-state index in [-0.39, 0.29) is 11.0 Å². The van der Waals surface area contributed by atoms with E-state index in [0.29, 0.717) is 11.0 Å². The number of nitrogens with one attached hydrogen (secondary N) is 1. The molecular weight excluding hydrogens is 230 g/mol. The van der Waals surface area contributed by atoms with Crippen LogP contribution in [0.1, 0.15) is 31.1 Å². The lowest BCUT2D eigenvalue weighted by molar-refractivity contribution is 0.0916. The molecule has 4 heteroatoms. The van der Waals surface area contributed by atoms with E-state index in [1.54, 1.807) is 24.3 Å². The van der Waals surface area contributed by atoms with E-state index in [1.807, 2.05) is 20.8 Å². The van der Waals surface area contributed by atoms with E-state index in [2.05, 4.69) is 5.32 Å². The molecule has 0 spiro atoms. The van der Waals surface area contributed by atoms with Gasteiger partial charge in [-0.15, -0.1) is 0 Å². The van der Waals surface area contributed by atoms with Crippen molar-refractivity contribution >= 4 is 16.9 Å². The van der Waals surface area contributed by atoms with Crippen LogP contribution in [0.25, 0.3) is 11.0 Å². The van der Waals surface area contributed by atoms with Crippen molar-refractivity contribution in [2.75, 3.05) is 0 Å². The zero-order valence-electron chi connectivity index (χ0n) is 10.6. The summed E-state index contributed by atoms with van der Waals surface area (Å²) < 4.78 is 5.30. The van der Waals surface area contributed by atoms with Gasteiger partial charge in [-0.05, 0) is 32.9 Å². The van der Waals surface area contributed by atoms with Gasteiger partial charge >= 0.3 is 0 Å². The van der Waals surface area contributed by atoms with E-state index < -0.39 is 11.4 Å². The Kier molecular flexibility index (Phi) is 2.95. The maximum absolute atomic E-state index is 12.1. The van der Waals surface area contributed by atoms with E-state index in [0.717, 1.165) is 0 Å². The van der Waals surface area contributed by atoms with Crippen LogP contribution < -0.4 is 10.7 Å². The summed E-state index contributed by atoms with van der Waals surface area (Å²) in [6.45, 7) is 5.56. The highest BCUT2D eigenvalue weighted by Crippen LogP contribution is 2.11. The van der Waals surface area contributed by atoms with Gasteiger partial charge in [-0.25, -0.2) is 0 Å². The number of para-hydroxylation sites is 1. The Hall–Kier alpha value is -2.10. The van der Waals surface area contributed by atoms with Gasteiger partial charge < -0.3 is 9.73 Å². The monoisotopic (exact) mass is 245 g/mol. The van der Waals surface area contributed by atoms with Crippen LogP contribution in [0.15, 0.2) is 39.7 Å². The molecule has 2 rings (SSSR count). The fourth-order valence-electron chi connectivity index (χ4n) is 1.64. The lowest BCUT2D eigenvalue weighted by atomic mass is 10.1. The maximum Gasteiger partial charge on any atom is 0.258 e. The van der Waals surface area contributed by atoms with Crippen molar-refractivity contribution in [3.63, 3.8) is 0 Å². The van der Waals surface area contributed by atoms with Crippen molar-refractivity contribution in [3.8, 4) is 0 Å². The van der Waals surface area contributed by atoms with Gasteiger partial charge in [-0.3, -0.25) is 9.59 Å². The first-order valence-electron chi connectivity index (χ1n) is 5.71. The van der Waals surface area contributed by atoms with Gasteiger partial charge in [-0.1, -0.05) is 12.1 Å². The highest BCUT2D eigenvalue weighted by atomic mass is 16.3. The predicted octanol–water partition coefficient (Wildman–Crippen LogP) is 2.32. The largest absolute Gasteiger partial charge is 0.463 e. The zero-order chi connectivity index (χ0) is 13.3. The van der Waals surface area contributed by atoms with Gasteiger partial charge in [0.2, 0.25) is 5.43 Å². The number of rotatable bonds is 1. The third-order valence-corrected chi connectivity index (χ3v) is 2.41. The molecule has 1 aromatic heterocycles. The van der Waals surface area contributed by atoms with Crippen LogP contribution in [0.5, 0.6) is 0 Å². The highest BCUT2D eigenvalue weighted by molar-refractivity contribution is 5.96. The Bertz CT molecular complexity index is 650. The summed E-state index contributed by atoms with van der Waals surface area (Å²) in [5.41, 5.74) is -0.188. The van der Waals surface area contributed by atoms with E-state index >= 15 is 0 Å². The molecule has 0 unspecified atom stereocenters. The van der Waals surface area contributed by atoms with Crippen molar-refractivity contribution in [2.24, 2.45) is 0 Å². The molecule has 0 saturated carbocycles. The molecule has 1 heterocycles. The average Bonchev–Trinajstić information content (AvgIpc) is 2.27. The number of fused-ring (bicyclic) bond motifs is 1. The molecule has 0 aliphatic heterocycles. The Morgan fingerprint density at radius 1 is 1.22 bits per heavy atom. The average molecular weight is 245 g/mol. The predicted molar refractivity (Wildman–Crippen MR) is 69.7 cm³/mol. The summed E-state index contributed by atoms with van der Waals surface area (Å²) in [4.78, 5) is 24.1. The molecule has 2 aromatic rings. The molecule has 0 bridgehead atoms. The molecule has 0 aliphatic rings. The van der Waals surface area contributed by atoms with Crippen molar-refractivity contribution in [2.45, 2.75) is 26.3 Å². The molecule has 0 aliphatic carbocycles. The molecule has 1 N–H and O–H groups in total. The minimum atomic E-state index is -0.415. The molecule has 4 nitrogen and oxygen atoms in total. The van der Waals surface area contributed by atoms with Crippen LogP contribution in [0, 0.1) is 0 Å². The molecule has 0 saturated heterocycles. The Morgan fingerprint density at radius 2 is 1.89 bits per heavy atom. The minimum Gasteiger partial charge on any atom is -0.463 e. The van der Waals surface area contributed by atoms with Gasteiger partial charge in [-0.2, -0.15) is 0 Å². The van der Waals surface area contributed by atoms with Gasteiger partial charge in [0.05, 0.1) is 5.39 Å². The fourth-order valence-corrected chi connectivity index (χ4v) is 1.64. The first-order chi connectivity index (χ1) is 8.38. The second-order valence-corrected chi connectivity index (χ2v) is 5.18. The standard InChI is InChI=1S/C14H15NO3/c1-14(2,3)15-13(17)10-8-18-11-7-5-4-6-9(11)12(10)16/h4-8H,1-3H3,(H,15,17). The third kappa shape index (κ3) is 2.42. The van der Waals surface area contributed by atoms with Gasteiger partial charge in [0.25, 0.3) is 5.91 Å². The zero-order valence-corrected chi connectivity index (χ0v) is 10.6. The molecular formula is C14H15NO3. The topological polar surface area (TPSA) is 59.3 Å². The second-order valence-electron chi connectivity index (χ2n) is 5.18. The lowest BCUT2D eigenvalue weighted by Gasteiger charge is -2.20. The van der Waals surface area contributed by atoms with Gasteiger partial charge in [0, 0.05) is 5.54 Å². The first kappa shape index (κ1) is 12.4. The van der Waals surface area contributed by atoms with Crippen LogP contribution in [-0.4, -0.2) is 11.4 Å². The minimum absolute atomic E-state index is 0.0311. The van der Waals surface area contributed by atoms with Crippen molar-refractivity contribution in [3.05, 3.63) is 46.3 Å². The molecule has 0 atom stereocenters. The Balaban J connectivity index is 2.50. The van der Waals surface area contributed by atoms with Crippen LogP contribution in [0.3, 0.4) is 0 Å². The molecule has 94 valence electrons. The first-order valence-corrected chi connectivity index (χ1v) is 5.71. The molecule has 0 radical (unpaired) electrons. The fraction of sp³-hybridized carbons (Fsp3) is 0.286. The summed E-state index contributed by atoms with van der Waals surface area (Å²) >= 11 is 0. The Labute approximate surface area is 105 Å². The quantitative estimate of drug-likeness (QED) is 0.838. The smallest absolute Gasteiger partial charge is 0.258 e. The van der Waals surface area contributed by atoms with E-state index in [9.17, 15) is 9.59 Å². The van der Waals surface area contributed by atoms with Gasteiger partial charge in [0.15, 0.2) is 0 Å². The number of hydrogen-bond donors (Lipinski definition) is 1. The SMILES string of the molecule is CC(C)(C)NC(=O)c1coc2ccccc2c1=O. The second kappa shape index (κ2) is 4.29. The third-order valence-electron chi connectivity index (χ3n) is 2.41. The number of amides is 1. The lowest BCUT2D eigenvalue weighted by Crippen LogP contribution is -2.42. The van der Waals surface area contributed by atoms with E-state index in [4.69, 9.17) is 4.42 Å². The molecule has 1 amide bonds. The van der Waals surface area contributed by atoms with Crippen LogP contribution in [0.2, 0.25) is 0 Å². The molecule has 18 heavy (non-hydrogen) atoms. The molecule has 1 aromatic carbocycles. The summed E-state index contributed by atoms with van der Waals surface area (Å²) in [7, 11) is 0. The number of hydrogen-bond acceptors (Lipinski definition) is 3.